The molecule has 136 valence electrons. The van der Waals surface area contributed by atoms with Crippen LogP contribution in [0.2, 0.25) is 0 Å². The van der Waals surface area contributed by atoms with Crippen LogP contribution in [0.3, 0.4) is 0 Å². The van der Waals surface area contributed by atoms with E-state index in [1.54, 1.807) is 11.3 Å². The molecule has 0 bridgehead atoms. The van der Waals surface area contributed by atoms with Crippen molar-refractivity contribution in [1.29, 1.82) is 0 Å². The predicted octanol–water partition coefficient (Wildman–Crippen LogP) is 3.09. The number of hydrogen-bond acceptors (Lipinski definition) is 3. The second kappa shape index (κ2) is 7.62. The normalized spacial score (nSPS) is 18.8. The molecule has 0 spiro atoms. The number of nitrogens with one attached hydrogen (secondary N) is 1. The lowest BCUT2D eigenvalue weighted by atomic mass is 9.88. The number of hydrogen-bond donors (Lipinski definition) is 1. The van der Waals surface area contributed by atoms with Crippen molar-refractivity contribution in [3.63, 3.8) is 0 Å². The minimum absolute atomic E-state index is 0.00374. The molecule has 0 radical (unpaired) electrons. The zero-order valence-electron chi connectivity index (χ0n) is 14.9. The molecule has 2 aliphatic rings. The number of fused-ring (bicyclic) bond motifs is 2. The third kappa shape index (κ3) is 3.83. The van der Waals surface area contributed by atoms with E-state index >= 15 is 0 Å². The first-order valence-electron chi connectivity index (χ1n) is 9.38. The minimum atomic E-state index is -0.00374. The Morgan fingerprint density at radius 1 is 1.08 bits per heavy atom. The molecule has 1 N–H and O–H groups in total. The topological polar surface area (TPSA) is 49.4 Å². The number of rotatable bonds is 4. The van der Waals surface area contributed by atoms with Crippen LogP contribution >= 0.6 is 11.3 Å². The predicted molar refractivity (Wildman–Crippen MR) is 103 cm³/mol. The number of aryl methyl sites for hydroxylation is 1. The molecule has 2 amide bonds. The molecule has 0 saturated carbocycles. The summed E-state index contributed by atoms with van der Waals surface area (Å²) in [5, 5.41) is 5.21. The van der Waals surface area contributed by atoms with Crippen LogP contribution in [0.25, 0.3) is 0 Å². The highest BCUT2D eigenvalue weighted by atomic mass is 32.1. The van der Waals surface area contributed by atoms with E-state index in [1.165, 1.54) is 21.6 Å². The van der Waals surface area contributed by atoms with Gasteiger partial charge in [-0.25, -0.2) is 0 Å². The lowest BCUT2D eigenvalue weighted by Crippen LogP contribution is -2.40. The lowest BCUT2D eigenvalue weighted by Gasteiger charge is -2.27. The molecule has 0 saturated heterocycles. The number of thiophene rings is 1. The van der Waals surface area contributed by atoms with Gasteiger partial charge < -0.3 is 10.2 Å². The van der Waals surface area contributed by atoms with Gasteiger partial charge in [0.2, 0.25) is 11.8 Å². The molecule has 26 heavy (non-hydrogen) atoms. The maximum Gasteiger partial charge on any atom is 0.223 e. The van der Waals surface area contributed by atoms with Crippen molar-refractivity contribution < 1.29 is 9.59 Å². The van der Waals surface area contributed by atoms with E-state index in [0.29, 0.717) is 13.0 Å². The fraction of sp³-hybridized carbons (Fsp3) is 0.429. The first-order chi connectivity index (χ1) is 12.7. The average Bonchev–Trinajstić information content (AvgIpc) is 3.14. The van der Waals surface area contributed by atoms with Crippen molar-refractivity contribution in [2.75, 3.05) is 6.54 Å². The first kappa shape index (κ1) is 17.3. The number of nitrogens with zero attached hydrogens (tertiary/aromatic N) is 1. The minimum Gasteiger partial charge on any atom is -0.353 e. The highest BCUT2D eigenvalue weighted by molar-refractivity contribution is 7.10. The Balaban J connectivity index is 1.24. The maximum absolute atomic E-state index is 12.4. The molecule has 2 heterocycles. The van der Waals surface area contributed by atoms with Gasteiger partial charge in [0.1, 0.15) is 0 Å². The molecule has 2 aromatic rings. The van der Waals surface area contributed by atoms with Crippen LogP contribution < -0.4 is 5.32 Å². The van der Waals surface area contributed by atoms with Crippen molar-refractivity contribution in [3.05, 3.63) is 57.3 Å². The summed E-state index contributed by atoms with van der Waals surface area (Å²) in [5.41, 5.74) is 3.99. The Kier molecular flexibility index (Phi) is 5.07. The van der Waals surface area contributed by atoms with Crippen molar-refractivity contribution in [2.24, 2.45) is 0 Å². The van der Waals surface area contributed by atoms with E-state index in [1.807, 2.05) is 4.90 Å². The van der Waals surface area contributed by atoms with Crippen LogP contribution in [0.4, 0.5) is 0 Å². The monoisotopic (exact) mass is 368 g/mol. The van der Waals surface area contributed by atoms with Crippen LogP contribution in [0, 0.1) is 0 Å². The molecular formula is C21H24N2O2S. The summed E-state index contributed by atoms with van der Waals surface area (Å²) < 4.78 is 0. The molecule has 1 aromatic carbocycles. The van der Waals surface area contributed by atoms with Crippen LogP contribution in [-0.4, -0.2) is 29.3 Å². The van der Waals surface area contributed by atoms with Crippen LogP contribution in [0.5, 0.6) is 0 Å². The van der Waals surface area contributed by atoms with Gasteiger partial charge in [0.05, 0.1) is 0 Å². The summed E-state index contributed by atoms with van der Waals surface area (Å²) in [6.07, 6.45) is 4.40. The van der Waals surface area contributed by atoms with Gasteiger partial charge in [0.15, 0.2) is 0 Å². The van der Waals surface area contributed by atoms with Gasteiger partial charge >= 0.3 is 0 Å². The van der Waals surface area contributed by atoms with Crippen molar-refractivity contribution in [1.82, 2.24) is 10.2 Å². The second-order valence-corrected chi connectivity index (χ2v) is 8.21. The highest BCUT2D eigenvalue weighted by Crippen LogP contribution is 2.24. The average molecular weight is 369 g/mol. The molecular weight excluding hydrogens is 344 g/mol. The second-order valence-electron chi connectivity index (χ2n) is 7.21. The van der Waals surface area contributed by atoms with Crippen LogP contribution in [-0.2, 0) is 35.4 Å². The molecule has 1 aromatic heterocycles. The fourth-order valence-electron chi connectivity index (χ4n) is 3.96. The molecule has 1 aliphatic carbocycles. The van der Waals surface area contributed by atoms with Crippen LogP contribution in [0.1, 0.15) is 40.8 Å². The Labute approximate surface area is 158 Å². The van der Waals surface area contributed by atoms with Gasteiger partial charge in [0.25, 0.3) is 0 Å². The number of carbonyl (C=O) groups is 2. The molecule has 4 rings (SSSR count). The third-order valence-electron chi connectivity index (χ3n) is 5.44. The highest BCUT2D eigenvalue weighted by Gasteiger charge is 2.23. The number of carbonyl (C=O) groups excluding carboxylic acids is 2. The van der Waals surface area contributed by atoms with E-state index in [4.69, 9.17) is 0 Å². The SMILES string of the molecule is O=C(CCC(=O)N1CCc2sccc2C1)NC1CCc2ccccc2C1. The zero-order valence-corrected chi connectivity index (χ0v) is 15.7. The summed E-state index contributed by atoms with van der Waals surface area (Å²) in [6.45, 7) is 1.46. The molecule has 0 fully saturated rings. The largest absolute Gasteiger partial charge is 0.353 e. The summed E-state index contributed by atoms with van der Waals surface area (Å²) in [4.78, 5) is 28.0. The van der Waals surface area contributed by atoms with Gasteiger partial charge in [-0.3, -0.25) is 9.59 Å². The molecule has 1 unspecified atom stereocenters. The summed E-state index contributed by atoms with van der Waals surface area (Å²) in [5.74, 6) is 0.0851. The van der Waals surface area contributed by atoms with E-state index < -0.39 is 0 Å². The van der Waals surface area contributed by atoms with Crippen LogP contribution in [0.15, 0.2) is 35.7 Å². The Morgan fingerprint density at radius 3 is 2.81 bits per heavy atom. The lowest BCUT2D eigenvalue weighted by molar-refractivity contribution is -0.134. The van der Waals surface area contributed by atoms with Gasteiger partial charge in [0, 0.05) is 36.9 Å². The van der Waals surface area contributed by atoms with E-state index in [9.17, 15) is 9.59 Å². The van der Waals surface area contributed by atoms with Gasteiger partial charge in [-0.1, -0.05) is 24.3 Å². The van der Waals surface area contributed by atoms with Crippen molar-refractivity contribution >= 4 is 23.2 Å². The van der Waals surface area contributed by atoms with E-state index in [0.717, 1.165) is 32.2 Å². The number of benzene rings is 1. The van der Waals surface area contributed by atoms with Gasteiger partial charge in [-0.15, -0.1) is 11.3 Å². The molecule has 4 nitrogen and oxygen atoms in total. The van der Waals surface area contributed by atoms with E-state index in [2.05, 4.69) is 41.0 Å². The first-order valence-corrected chi connectivity index (χ1v) is 10.3. The van der Waals surface area contributed by atoms with Crippen molar-refractivity contribution in [2.45, 2.75) is 51.1 Å². The summed E-state index contributed by atoms with van der Waals surface area (Å²) in [7, 11) is 0. The van der Waals surface area contributed by atoms with Gasteiger partial charge in [-0.2, -0.15) is 0 Å². The number of amides is 2. The quantitative estimate of drug-likeness (QED) is 0.902. The Bertz CT molecular complexity index is 814. The maximum atomic E-state index is 12.4. The molecule has 1 aliphatic heterocycles. The van der Waals surface area contributed by atoms with Gasteiger partial charge in [-0.05, 0) is 53.8 Å². The molecule has 1 atom stereocenters. The Morgan fingerprint density at radius 2 is 1.92 bits per heavy atom. The Hall–Kier alpha value is -2.14. The summed E-state index contributed by atoms with van der Waals surface area (Å²) >= 11 is 1.77. The third-order valence-corrected chi connectivity index (χ3v) is 6.46. The zero-order chi connectivity index (χ0) is 17.9. The van der Waals surface area contributed by atoms with E-state index in [-0.39, 0.29) is 24.3 Å². The summed E-state index contributed by atoms with van der Waals surface area (Å²) in [6, 6.07) is 10.7. The fourth-order valence-corrected chi connectivity index (χ4v) is 4.85. The smallest absolute Gasteiger partial charge is 0.223 e. The molecule has 5 heteroatoms. The van der Waals surface area contributed by atoms with Crippen molar-refractivity contribution in [3.8, 4) is 0 Å². The standard InChI is InChI=1S/C21H24N2O2S/c24-20(22-18-6-5-15-3-1-2-4-16(15)13-18)7-8-21(25)23-11-9-19-17(14-23)10-12-26-19/h1-4,10,12,18H,5-9,11,13-14H2,(H,22,24).